The topological polar surface area (TPSA) is 53.6 Å². The van der Waals surface area contributed by atoms with Crippen LogP contribution in [0.2, 0.25) is 0 Å². The molecule has 122 valence electrons. The molecule has 2 rings (SSSR count). The van der Waals surface area contributed by atoms with Gasteiger partial charge in [0.2, 0.25) is 0 Å². The van der Waals surface area contributed by atoms with E-state index in [1.807, 2.05) is 18.2 Å². The second kappa shape index (κ2) is 8.34. The van der Waals surface area contributed by atoms with Crippen LogP contribution in [0.1, 0.15) is 23.6 Å². The fourth-order valence-corrected chi connectivity index (χ4v) is 2.43. The quantitative estimate of drug-likeness (QED) is 0.636. The van der Waals surface area contributed by atoms with Gasteiger partial charge in [0.15, 0.2) is 5.96 Å². The van der Waals surface area contributed by atoms with Crippen LogP contribution in [0.4, 0.5) is 5.69 Å². The van der Waals surface area contributed by atoms with Gasteiger partial charge in [-0.1, -0.05) is 43.3 Å². The van der Waals surface area contributed by atoms with E-state index in [2.05, 4.69) is 66.6 Å². The van der Waals surface area contributed by atoms with E-state index in [0.717, 1.165) is 18.7 Å². The number of nitrogens with zero attached hydrogens (tertiary/aromatic N) is 2. The average Bonchev–Trinajstić information content (AvgIpc) is 2.53. The zero-order chi connectivity index (χ0) is 16.7. The molecule has 3 N–H and O–H groups in total. The summed E-state index contributed by atoms with van der Waals surface area (Å²) in [6, 6.07) is 16.6. The summed E-state index contributed by atoms with van der Waals surface area (Å²) in [6.45, 7) is 3.62. The molecule has 2 aromatic carbocycles. The van der Waals surface area contributed by atoms with Gasteiger partial charge in [0.1, 0.15) is 0 Å². The van der Waals surface area contributed by atoms with Gasteiger partial charge >= 0.3 is 0 Å². The van der Waals surface area contributed by atoms with Crippen molar-refractivity contribution in [1.29, 1.82) is 0 Å². The minimum atomic E-state index is 0.443. The maximum atomic E-state index is 6.02. The summed E-state index contributed by atoms with van der Waals surface area (Å²) in [4.78, 5) is 6.63. The van der Waals surface area contributed by atoms with E-state index < -0.39 is 0 Å². The zero-order valence-electron chi connectivity index (χ0n) is 14.2. The molecule has 0 unspecified atom stereocenters. The van der Waals surface area contributed by atoms with Crippen LogP contribution < -0.4 is 11.1 Å². The number of hydrogen-bond donors (Lipinski definition) is 2. The van der Waals surface area contributed by atoms with Crippen molar-refractivity contribution in [2.45, 2.75) is 26.4 Å². The molecular weight excluding hydrogens is 284 g/mol. The molecule has 4 heteroatoms. The van der Waals surface area contributed by atoms with E-state index in [1.165, 1.54) is 16.7 Å². The highest BCUT2D eigenvalue weighted by Gasteiger charge is 2.03. The SMILES string of the molecule is CCc1cccc(NC(N)=NCc2ccccc2CN(C)C)c1. The number of nitrogens with two attached hydrogens (primary N) is 1. The lowest BCUT2D eigenvalue weighted by Crippen LogP contribution is -2.22. The molecule has 0 aliphatic rings. The Morgan fingerprint density at radius 2 is 1.83 bits per heavy atom. The molecule has 0 radical (unpaired) electrons. The number of guanidine groups is 1. The maximum Gasteiger partial charge on any atom is 0.193 e. The van der Waals surface area contributed by atoms with E-state index >= 15 is 0 Å². The number of benzene rings is 2. The third-order valence-electron chi connectivity index (χ3n) is 3.63. The lowest BCUT2D eigenvalue weighted by Gasteiger charge is -2.13. The first kappa shape index (κ1) is 17.0. The molecule has 4 nitrogen and oxygen atoms in total. The Bertz CT molecular complexity index is 662. The Labute approximate surface area is 139 Å². The second-order valence-corrected chi connectivity index (χ2v) is 5.89. The minimum Gasteiger partial charge on any atom is -0.370 e. The maximum absolute atomic E-state index is 6.02. The number of nitrogens with one attached hydrogen (secondary N) is 1. The number of rotatable bonds is 6. The van der Waals surface area contributed by atoms with E-state index in [-0.39, 0.29) is 0 Å². The number of aliphatic imine (C=N–C) groups is 1. The Morgan fingerprint density at radius 3 is 2.52 bits per heavy atom. The van der Waals surface area contributed by atoms with E-state index in [0.29, 0.717) is 12.5 Å². The van der Waals surface area contributed by atoms with Crippen LogP contribution in [0.3, 0.4) is 0 Å². The Hall–Kier alpha value is -2.33. The zero-order valence-corrected chi connectivity index (χ0v) is 14.2. The van der Waals surface area contributed by atoms with Crippen LogP contribution in [-0.4, -0.2) is 25.0 Å². The lowest BCUT2D eigenvalue weighted by molar-refractivity contribution is 0.401. The van der Waals surface area contributed by atoms with Gasteiger partial charge in [0, 0.05) is 12.2 Å². The highest BCUT2D eigenvalue weighted by atomic mass is 15.1. The summed E-state index contributed by atoms with van der Waals surface area (Å²) in [5.41, 5.74) is 10.8. The molecule has 0 heterocycles. The predicted molar refractivity (Wildman–Crippen MR) is 98.6 cm³/mol. The summed E-state index contributed by atoms with van der Waals surface area (Å²) >= 11 is 0. The van der Waals surface area contributed by atoms with Crippen molar-refractivity contribution in [3.63, 3.8) is 0 Å². The van der Waals surface area contributed by atoms with Gasteiger partial charge in [-0.15, -0.1) is 0 Å². The Morgan fingerprint density at radius 1 is 1.09 bits per heavy atom. The second-order valence-electron chi connectivity index (χ2n) is 5.89. The third-order valence-corrected chi connectivity index (χ3v) is 3.63. The first-order chi connectivity index (χ1) is 11.1. The summed E-state index contributed by atoms with van der Waals surface area (Å²) in [7, 11) is 4.13. The van der Waals surface area contributed by atoms with Crippen LogP contribution in [0.25, 0.3) is 0 Å². The molecule has 23 heavy (non-hydrogen) atoms. The van der Waals surface area contributed by atoms with Crippen molar-refractivity contribution in [3.8, 4) is 0 Å². The van der Waals surface area contributed by atoms with Crippen LogP contribution >= 0.6 is 0 Å². The fourth-order valence-electron chi connectivity index (χ4n) is 2.43. The molecule has 0 saturated heterocycles. The fraction of sp³-hybridized carbons (Fsp3) is 0.316. The largest absolute Gasteiger partial charge is 0.370 e. The van der Waals surface area contributed by atoms with Gasteiger partial charge in [-0.05, 0) is 49.3 Å². The standard InChI is InChI=1S/C19H26N4/c1-4-15-8-7-11-18(12-15)22-19(20)21-13-16-9-5-6-10-17(16)14-23(2)3/h5-12H,4,13-14H2,1-3H3,(H3,20,21,22). The van der Waals surface area contributed by atoms with Crippen LogP contribution in [0, 0.1) is 0 Å². The molecule has 2 aromatic rings. The van der Waals surface area contributed by atoms with Crippen molar-refractivity contribution in [2.24, 2.45) is 10.7 Å². The molecule has 0 saturated carbocycles. The van der Waals surface area contributed by atoms with Gasteiger partial charge in [-0.3, -0.25) is 0 Å². The van der Waals surface area contributed by atoms with Gasteiger partial charge in [-0.25, -0.2) is 4.99 Å². The number of hydrogen-bond acceptors (Lipinski definition) is 2. The molecular formula is C19H26N4. The van der Waals surface area contributed by atoms with Crippen molar-refractivity contribution in [2.75, 3.05) is 19.4 Å². The van der Waals surface area contributed by atoms with Gasteiger partial charge in [0.05, 0.1) is 6.54 Å². The van der Waals surface area contributed by atoms with Crippen molar-refractivity contribution in [3.05, 3.63) is 65.2 Å². The van der Waals surface area contributed by atoms with Crippen LogP contribution in [0.5, 0.6) is 0 Å². The van der Waals surface area contributed by atoms with Crippen molar-refractivity contribution >= 4 is 11.6 Å². The Kier molecular flexibility index (Phi) is 6.18. The third kappa shape index (κ3) is 5.42. The smallest absolute Gasteiger partial charge is 0.193 e. The average molecular weight is 310 g/mol. The van der Waals surface area contributed by atoms with Crippen molar-refractivity contribution in [1.82, 2.24) is 4.90 Å². The van der Waals surface area contributed by atoms with Gasteiger partial charge < -0.3 is 16.0 Å². The normalized spacial score (nSPS) is 11.7. The highest BCUT2D eigenvalue weighted by molar-refractivity contribution is 5.92. The molecule has 0 aliphatic heterocycles. The summed E-state index contributed by atoms with van der Waals surface area (Å²) in [6.07, 6.45) is 1.00. The monoisotopic (exact) mass is 310 g/mol. The van der Waals surface area contributed by atoms with Gasteiger partial charge in [-0.2, -0.15) is 0 Å². The molecule has 0 spiro atoms. The molecule has 0 amide bonds. The molecule has 0 fully saturated rings. The van der Waals surface area contributed by atoms with E-state index in [9.17, 15) is 0 Å². The van der Waals surface area contributed by atoms with Gasteiger partial charge in [0.25, 0.3) is 0 Å². The Balaban J connectivity index is 2.04. The molecule has 0 aliphatic carbocycles. The summed E-state index contributed by atoms with van der Waals surface area (Å²) in [5, 5.41) is 3.16. The summed E-state index contributed by atoms with van der Waals surface area (Å²) < 4.78 is 0. The molecule has 0 atom stereocenters. The first-order valence-corrected chi connectivity index (χ1v) is 7.96. The van der Waals surface area contributed by atoms with Crippen LogP contribution in [-0.2, 0) is 19.5 Å². The molecule has 0 bridgehead atoms. The predicted octanol–water partition coefficient (Wildman–Crippen LogP) is 3.24. The first-order valence-electron chi connectivity index (χ1n) is 7.96. The summed E-state index contributed by atoms with van der Waals surface area (Å²) in [5.74, 6) is 0.443. The van der Waals surface area contributed by atoms with Crippen molar-refractivity contribution < 1.29 is 0 Å². The molecule has 0 aromatic heterocycles. The highest BCUT2D eigenvalue weighted by Crippen LogP contribution is 2.13. The lowest BCUT2D eigenvalue weighted by atomic mass is 10.1. The number of aryl methyl sites for hydroxylation is 1. The van der Waals surface area contributed by atoms with E-state index in [4.69, 9.17) is 5.73 Å². The van der Waals surface area contributed by atoms with Crippen LogP contribution in [0.15, 0.2) is 53.5 Å². The van der Waals surface area contributed by atoms with E-state index in [1.54, 1.807) is 0 Å². The number of anilines is 1. The minimum absolute atomic E-state index is 0.443.